The quantitative estimate of drug-likeness (QED) is 0.750. The van der Waals surface area contributed by atoms with Crippen molar-refractivity contribution in [2.45, 2.75) is 12.8 Å². The van der Waals surface area contributed by atoms with Crippen LogP contribution in [-0.4, -0.2) is 26.2 Å². The lowest BCUT2D eigenvalue weighted by Crippen LogP contribution is -2.24. The summed E-state index contributed by atoms with van der Waals surface area (Å²) in [5.41, 5.74) is 0.960. The number of nitrogens with zero attached hydrogens (tertiary/aromatic N) is 1. The SMILES string of the molecule is COc1cc(N2CCCC2=O)ccc1PC. The fourth-order valence-electron chi connectivity index (χ4n) is 1.98. The average molecular weight is 237 g/mol. The van der Waals surface area contributed by atoms with Crippen LogP contribution in [0.25, 0.3) is 0 Å². The topological polar surface area (TPSA) is 29.5 Å². The molecule has 0 bridgehead atoms. The third kappa shape index (κ3) is 2.05. The molecule has 3 nitrogen and oxygen atoms in total. The largest absolute Gasteiger partial charge is 0.496 e. The van der Waals surface area contributed by atoms with Gasteiger partial charge in [-0.05, 0) is 25.2 Å². The van der Waals surface area contributed by atoms with Crippen LogP contribution in [0.15, 0.2) is 18.2 Å². The van der Waals surface area contributed by atoms with Crippen LogP contribution in [0.1, 0.15) is 12.8 Å². The first kappa shape index (κ1) is 11.4. The van der Waals surface area contributed by atoms with Gasteiger partial charge in [0.2, 0.25) is 5.91 Å². The zero-order valence-electron chi connectivity index (χ0n) is 9.62. The molecule has 1 aliphatic heterocycles. The van der Waals surface area contributed by atoms with E-state index in [2.05, 4.69) is 12.7 Å². The Labute approximate surface area is 97.6 Å². The molecule has 1 aromatic carbocycles. The second kappa shape index (κ2) is 4.84. The van der Waals surface area contributed by atoms with Gasteiger partial charge < -0.3 is 9.64 Å². The molecule has 86 valence electrons. The third-order valence-electron chi connectivity index (χ3n) is 2.84. The van der Waals surface area contributed by atoms with Gasteiger partial charge in [-0.1, -0.05) is 8.58 Å². The van der Waals surface area contributed by atoms with E-state index in [1.807, 2.05) is 17.0 Å². The van der Waals surface area contributed by atoms with E-state index in [0.717, 1.165) is 24.4 Å². The van der Waals surface area contributed by atoms with Crippen LogP contribution in [-0.2, 0) is 4.79 Å². The van der Waals surface area contributed by atoms with Crippen molar-refractivity contribution >= 4 is 25.5 Å². The molecule has 1 amide bonds. The first-order valence-electron chi connectivity index (χ1n) is 5.42. The van der Waals surface area contributed by atoms with Gasteiger partial charge >= 0.3 is 0 Å². The minimum absolute atomic E-state index is 0.216. The van der Waals surface area contributed by atoms with Gasteiger partial charge in [0.05, 0.1) is 7.11 Å². The van der Waals surface area contributed by atoms with Crippen LogP contribution >= 0.6 is 8.58 Å². The van der Waals surface area contributed by atoms with Gasteiger partial charge in [-0.25, -0.2) is 0 Å². The van der Waals surface area contributed by atoms with Crippen molar-refractivity contribution in [2.24, 2.45) is 0 Å². The number of ether oxygens (including phenoxy) is 1. The summed E-state index contributed by atoms with van der Waals surface area (Å²) in [5.74, 6) is 1.10. The van der Waals surface area contributed by atoms with E-state index in [1.54, 1.807) is 7.11 Å². The lowest BCUT2D eigenvalue weighted by Gasteiger charge is -2.17. The molecule has 0 saturated carbocycles. The van der Waals surface area contributed by atoms with Gasteiger partial charge in [-0.15, -0.1) is 0 Å². The second-order valence-corrected chi connectivity index (χ2v) is 4.82. The van der Waals surface area contributed by atoms with Crippen molar-refractivity contribution in [1.82, 2.24) is 0 Å². The smallest absolute Gasteiger partial charge is 0.227 e. The number of benzene rings is 1. The lowest BCUT2D eigenvalue weighted by atomic mass is 10.2. The Kier molecular flexibility index (Phi) is 3.45. The lowest BCUT2D eigenvalue weighted by molar-refractivity contribution is -0.117. The number of amides is 1. The van der Waals surface area contributed by atoms with Gasteiger partial charge in [-0.3, -0.25) is 4.79 Å². The molecule has 1 unspecified atom stereocenters. The Morgan fingerprint density at radius 3 is 2.81 bits per heavy atom. The van der Waals surface area contributed by atoms with Crippen LogP contribution in [0.3, 0.4) is 0 Å². The van der Waals surface area contributed by atoms with Gasteiger partial charge in [0.1, 0.15) is 5.75 Å². The minimum atomic E-state index is 0.216. The van der Waals surface area contributed by atoms with Crippen LogP contribution in [0.5, 0.6) is 5.75 Å². The zero-order valence-corrected chi connectivity index (χ0v) is 10.6. The van der Waals surface area contributed by atoms with E-state index in [9.17, 15) is 4.79 Å². The van der Waals surface area contributed by atoms with Crippen molar-refractivity contribution in [3.05, 3.63) is 18.2 Å². The zero-order chi connectivity index (χ0) is 11.5. The summed E-state index contributed by atoms with van der Waals surface area (Å²) < 4.78 is 5.34. The predicted molar refractivity (Wildman–Crippen MR) is 68.5 cm³/mol. The number of carbonyl (C=O) groups excluding carboxylic acids is 1. The normalized spacial score (nSPS) is 16.4. The van der Waals surface area contributed by atoms with Gasteiger partial charge in [-0.2, -0.15) is 0 Å². The van der Waals surface area contributed by atoms with E-state index in [0.29, 0.717) is 15.0 Å². The number of anilines is 1. The van der Waals surface area contributed by atoms with Crippen molar-refractivity contribution in [2.75, 3.05) is 25.2 Å². The van der Waals surface area contributed by atoms with Crippen molar-refractivity contribution in [3.63, 3.8) is 0 Å². The molecule has 1 fully saturated rings. The Balaban J connectivity index is 2.32. The molecule has 1 aromatic rings. The van der Waals surface area contributed by atoms with Crippen LogP contribution < -0.4 is 14.9 Å². The summed E-state index contributed by atoms with van der Waals surface area (Å²) in [6, 6.07) is 6.03. The minimum Gasteiger partial charge on any atom is -0.496 e. The number of rotatable bonds is 3. The molecular formula is C12H16NO2P. The Morgan fingerprint density at radius 2 is 2.25 bits per heavy atom. The maximum absolute atomic E-state index is 11.6. The number of hydrogen-bond acceptors (Lipinski definition) is 2. The number of methoxy groups -OCH3 is 1. The molecule has 2 rings (SSSR count). The molecule has 0 N–H and O–H groups in total. The summed E-state index contributed by atoms with van der Waals surface area (Å²) >= 11 is 0. The van der Waals surface area contributed by atoms with Gasteiger partial charge in [0, 0.05) is 30.0 Å². The van der Waals surface area contributed by atoms with E-state index >= 15 is 0 Å². The number of carbonyl (C=O) groups is 1. The Bertz CT molecular complexity index is 406. The molecule has 16 heavy (non-hydrogen) atoms. The summed E-state index contributed by atoms with van der Waals surface area (Å²) in [5, 5.41) is 1.21. The second-order valence-electron chi connectivity index (χ2n) is 3.78. The van der Waals surface area contributed by atoms with E-state index in [1.165, 1.54) is 5.30 Å². The van der Waals surface area contributed by atoms with Gasteiger partial charge in [0.25, 0.3) is 0 Å². The summed E-state index contributed by atoms with van der Waals surface area (Å²) in [6.45, 7) is 2.95. The first-order chi connectivity index (χ1) is 7.76. The summed E-state index contributed by atoms with van der Waals surface area (Å²) in [4.78, 5) is 13.5. The maximum Gasteiger partial charge on any atom is 0.227 e. The summed E-state index contributed by atoms with van der Waals surface area (Å²) in [7, 11) is 2.38. The maximum atomic E-state index is 11.6. The molecule has 0 aliphatic carbocycles. The average Bonchev–Trinajstić information content (AvgIpc) is 2.74. The van der Waals surface area contributed by atoms with Crippen LogP contribution in [0, 0.1) is 0 Å². The van der Waals surface area contributed by atoms with Crippen molar-refractivity contribution in [3.8, 4) is 5.75 Å². The fourth-order valence-corrected chi connectivity index (χ4v) is 2.65. The fraction of sp³-hybridized carbons (Fsp3) is 0.417. The molecule has 1 saturated heterocycles. The third-order valence-corrected chi connectivity index (χ3v) is 3.79. The van der Waals surface area contributed by atoms with Crippen LogP contribution in [0.4, 0.5) is 5.69 Å². The molecule has 0 spiro atoms. The molecule has 0 radical (unpaired) electrons. The van der Waals surface area contributed by atoms with E-state index in [-0.39, 0.29) is 5.91 Å². The van der Waals surface area contributed by atoms with Crippen molar-refractivity contribution < 1.29 is 9.53 Å². The first-order valence-corrected chi connectivity index (χ1v) is 6.92. The van der Waals surface area contributed by atoms with E-state index < -0.39 is 0 Å². The predicted octanol–water partition coefficient (Wildman–Crippen LogP) is 1.76. The molecule has 0 aromatic heterocycles. The highest BCUT2D eigenvalue weighted by Crippen LogP contribution is 2.26. The van der Waals surface area contributed by atoms with Crippen molar-refractivity contribution in [1.29, 1.82) is 0 Å². The molecular weight excluding hydrogens is 221 g/mol. The highest BCUT2D eigenvalue weighted by Gasteiger charge is 2.22. The Hall–Kier alpha value is -1.08. The van der Waals surface area contributed by atoms with E-state index in [4.69, 9.17) is 4.74 Å². The molecule has 1 heterocycles. The Morgan fingerprint density at radius 1 is 1.44 bits per heavy atom. The highest BCUT2D eigenvalue weighted by atomic mass is 31.1. The highest BCUT2D eigenvalue weighted by molar-refractivity contribution is 7.46. The molecule has 1 aliphatic rings. The monoisotopic (exact) mass is 237 g/mol. The molecule has 4 heteroatoms. The summed E-state index contributed by atoms with van der Waals surface area (Å²) in [6.07, 6.45) is 1.62. The molecule has 1 atom stereocenters. The van der Waals surface area contributed by atoms with Gasteiger partial charge in [0.15, 0.2) is 0 Å². The number of hydrogen-bond donors (Lipinski definition) is 0. The standard InChI is InChI=1S/C12H16NO2P/c1-15-10-8-9(5-6-11(10)16-2)13-7-3-4-12(13)14/h5-6,8,16H,3-4,7H2,1-2H3. The van der Waals surface area contributed by atoms with Crippen LogP contribution in [0.2, 0.25) is 0 Å².